The van der Waals surface area contributed by atoms with Crippen LogP contribution in [0.1, 0.15) is 44.5 Å². The van der Waals surface area contributed by atoms with Gasteiger partial charge in [-0.15, -0.1) is 0 Å². The molecular weight excluding hydrogens is 388 g/mol. The molecule has 0 saturated carbocycles. The first-order valence-electron chi connectivity index (χ1n) is 10.1. The molecule has 0 unspecified atom stereocenters. The maximum atomic E-state index is 13.5. The van der Waals surface area contributed by atoms with Gasteiger partial charge in [-0.25, -0.2) is 8.78 Å². The van der Waals surface area contributed by atoms with Crippen LogP contribution in [-0.2, 0) is 24.2 Å². The summed E-state index contributed by atoms with van der Waals surface area (Å²) in [5.74, 6) is -1.71. The summed E-state index contributed by atoms with van der Waals surface area (Å²) >= 11 is 0. The van der Waals surface area contributed by atoms with E-state index in [2.05, 4.69) is 36.4 Å². The van der Waals surface area contributed by atoms with E-state index in [1.165, 1.54) is 19.1 Å². The Balaban J connectivity index is 1.96. The van der Waals surface area contributed by atoms with Gasteiger partial charge in [0.25, 0.3) is 0 Å². The monoisotopic (exact) mass is 419 g/mol. The third kappa shape index (κ3) is 8.55. The zero-order valence-corrected chi connectivity index (χ0v) is 18.0. The second-order valence-electron chi connectivity index (χ2n) is 8.88. The molecule has 0 radical (unpaired) electrons. The topological polar surface area (TPSA) is 74.2 Å². The lowest BCUT2D eigenvalue weighted by Gasteiger charge is -2.24. The summed E-state index contributed by atoms with van der Waals surface area (Å²) in [7, 11) is 0. The second-order valence-corrected chi connectivity index (χ2v) is 8.88. The summed E-state index contributed by atoms with van der Waals surface area (Å²) in [5.41, 5.74) is 2.55. The quantitative estimate of drug-likeness (QED) is 0.584. The van der Waals surface area contributed by atoms with Gasteiger partial charge in [-0.3, -0.25) is 9.78 Å². The van der Waals surface area contributed by atoms with Crippen LogP contribution in [0, 0.1) is 17.0 Å². The predicted octanol–water partition coefficient (Wildman–Crippen LogP) is 3.15. The van der Waals surface area contributed by atoms with Crippen molar-refractivity contribution in [3.8, 4) is 0 Å². The minimum atomic E-state index is -0.934. The number of aliphatic hydroxyl groups is 1. The van der Waals surface area contributed by atoms with E-state index in [9.17, 15) is 18.7 Å². The summed E-state index contributed by atoms with van der Waals surface area (Å²) in [6, 6.07) is 6.46. The molecule has 30 heavy (non-hydrogen) atoms. The van der Waals surface area contributed by atoms with Crippen molar-refractivity contribution in [2.45, 2.75) is 59.2 Å². The van der Waals surface area contributed by atoms with Gasteiger partial charge in [0.05, 0.1) is 12.1 Å². The lowest BCUT2D eigenvalue weighted by atomic mass is 9.90. The van der Waals surface area contributed by atoms with Gasteiger partial charge in [0.15, 0.2) is 0 Å². The Bertz CT molecular complexity index is 832. The smallest absolute Gasteiger partial charge is 0.217 e. The normalized spacial score (nSPS) is 13.7. The van der Waals surface area contributed by atoms with Gasteiger partial charge in [-0.2, -0.15) is 0 Å². The molecule has 0 spiro atoms. The Kier molecular flexibility index (Phi) is 8.43. The molecule has 2 atom stereocenters. The fraction of sp³-hybridized carbons (Fsp3) is 0.478. The fourth-order valence-corrected chi connectivity index (χ4v) is 3.31. The van der Waals surface area contributed by atoms with Crippen molar-refractivity contribution in [3.05, 3.63) is 65.0 Å². The molecule has 1 amide bonds. The number of nitrogens with one attached hydrogen (secondary N) is 2. The SMILES string of the molecule is CC(=O)N[C@@H](Cc1cc(F)cc(F)c1)[C@@H](O)CNCc1ccnc(CC(C)(C)C)c1. The number of carbonyl (C=O) groups is 1. The molecule has 1 heterocycles. The average Bonchev–Trinajstić information content (AvgIpc) is 2.58. The van der Waals surface area contributed by atoms with Crippen LogP contribution >= 0.6 is 0 Å². The van der Waals surface area contributed by atoms with Gasteiger partial charge in [0.1, 0.15) is 11.6 Å². The van der Waals surface area contributed by atoms with E-state index in [1.807, 2.05) is 12.1 Å². The van der Waals surface area contributed by atoms with Gasteiger partial charge in [-0.1, -0.05) is 20.8 Å². The van der Waals surface area contributed by atoms with Crippen LogP contribution in [0.4, 0.5) is 8.78 Å². The van der Waals surface area contributed by atoms with Crippen molar-refractivity contribution < 1.29 is 18.7 Å². The first kappa shape index (κ1) is 23.9. The van der Waals surface area contributed by atoms with Crippen LogP contribution in [-0.4, -0.2) is 34.7 Å². The molecule has 1 aromatic carbocycles. The zero-order chi connectivity index (χ0) is 22.3. The van der Waals surface area contributed by atoms with E-state index >= 15 is 0 Å². The fourth-order valence-electron chi connectivity index (χ4n) is 3.31. The molecule has 0 saturated heterocycles. The Morgan fingerprint density at radius 2 is 1.80 bits per heavy atom. The number of nitrogens with zero attached hydrogens (tertiary/aromatic N) is 1. The van der Waals surface area contributed by atoms with Crippen molar-refractivity contribution in [2.75, 3.05) is 6.54 Å². The molecule has 2 aromatic rings. The zero-order valence-electron chi connectivity index (χ0n) is 18.0. The van der Waals surface area contributed by atoms with E-state index in [-0.39, 0.29) is 24.3 Å². The largest absolute Gasteiger partial charge is 0.390 e. The number of amides is 1. The van der Waals surface area contributed by atoms with Crippen molar-refractivity contribution in [2.24, 2.45) is 5.41 Å². The van der Waals surface area contributed by atoms with E-state index in [0.717, 1.165) is 23.7 Å². The number of aliphatic hydroxyl groups excluding tert-OH is 1. The highest BCUT2D eigenvalue weighted by Crippen LogP contribution is 2.19. The number of hydrogen-bond acceptors (Lipinski definition) is 4. The highest BCUT2D eigenvalue weighted by Gasteiger charge is 2.21. The van der Waals surface area contributed by atoms with Crippen LogP contribution in [0.5, 0.6) is 0 Å². The molecule has 5 nitrogen and oxygen atoms in total. The number of carbonyl (C=O) groups excluding carboxylic acids is 1. The van der Waals surface area contributed by atoms with Gasteiger partial charge in [-0.05, 0) is 53.6 Å². The average molecular weight is 420 g/mol. The number of rotatable bonds is 9. The Labute approximate surface area is 176 Å². The maximum Gasteiger partial charge on any atom is 0.217 e. The molecule has 0 aliphatic carbocycles. The molecule has 0 aliphatic rings. The first-order valence-corrected chi connectivity index (χ1v) is 10.1. The van der Waals surface area contributed by atoms with Gasteiger partial charge >= 0.3 is 0 Å². The molecule has 0 aliphatic heterocycles. The van der Waals surface area contributed by atoms with Crippen LogP contribution in [0.2, 0.25) is 0 Å². The number of halogens is 2. The molecule has 0 fully saturated rings. The van der Waals surface area contributed by atoms with Gasteiger partial charge < -0.3 is 15.7 Å². The summed E-state index contributed by atoms with van der Waals surface area (Å²) < 4.78 is 26.9. The van der Waals surface area contributed by atoms with Crippen molar-refractivity contribution in [1.29, 1.82) is 0 Å². The van der Waals surface area contributed by atoms with Crippen molar-refractivity contribution in [3.63, 3.8) is 0 Å². The predicted molar refractivity (Wildman–Crippen MR) is 113 cm³/mol. The molecule has 1 aromatic heterocycles. The van der Waals surface area contributed by atoms with E-state index in [4.69, 9.17) is 0 Å². The summed E-state index contributed by atoms with van der Waals surface area (Å²) in [4.78, 5) is 15.9. The molecule has 7 heteroatoms. The second kappa shape index (κ2) is 10.6. The van der Waals surface area contributed by atoms with Crippen LogP contribution in [0.3, 0.4) is 0 Å². The summed E-state index contributed by atoms with van der Waals surface area (Å²) in [5, 5.41) is 16.4. The maximum absolute atomic E-state index is 13.5. The molecule has 3 N–H and O–H groups in total. The Hall–Kier alpha value is -2.38. The molecule has 164 valence electrons. The number of aromatic nitrogens is 1. The summed E-state index contributed by atoms with van der Waals surface area (Å²) in [6.45, 7) is 8.54. The third-order valence-corrected chi connectivity index (χ3v) is 4.51. The third-order valence-electron chi connectivity index (χ3n) is 4.51. The summed E-state index contributed by atoms with van der Waals surface area (Å²) in [6.07, 6.45) is 1.81. The lowest BCUT2D eigenvalue weighted by Crippen LogP contribution is -2.48. The lowest BCUT2D eigenvalue weighted by molar-refractivity contribution is -0.120. The standard InChI is InChI=1S/C23H31F2N3O2/c1-15(29)28-21(10-17-7-18(24)11-19(25)8-17)22(30)14-26-13-16-5-6-27-20(9-16)12-23(2,3)4/h5-9,11,21-22,26,30H,10,12-14H2,1-4H3,(H,28,29)/t21-,22-/m0/s1. The van der Waals surface area contributed by atoms with Crippen LogP contribution in [0.15, 0.2) is 36.5 Å². The number of benzene rings is 1. The van der Waals surface area contributed by atoms with Crippen LogP contribution in [0.25, 0.3) is 0 Å². The van der Waals surface area contributed by atoms with Gasteiger partial charge in [0.2, 0.25) is 5.91 Å². The van der Waals surface area contributed by atoms with E-state index < -0.39 is 23.8 Å². The Morgan fingerprint density at radius 1 is 1.13 bits per heavy atom. The molecule has 0 bridgehead atoms. The minimum Gasteiger partial charge on any atom is -0.390 e. The van der Waals surface area contributed by atoms with Crippen molar-refractivity contribution >= 4 is 5.91 Å². The molecular formula is C23H31F2N3O2. The van der Waals surface area contributed by atoms with Gasteiger partial charge in [0, 0.05) is 38.0 Å². The van der Waals surface area contributed by atoms with Crippen LogP contribution < -0.4 is 10.6 Å². The van der Waals surface area contributed by atoms with Crippen molar-refractivity contribution in [1.82, 2.24) is 15.6 Å². The Morgan fingerprint density at radius 3 is 2.40 bits per heavy atom. The highest BCUT2D eigenvalue weighted by molar-refractivity contribution is 5.73. The molecule has 2 rings (SSSR count). The number of pyridine rings is 1. The highest BCUT2D eigenvalue weighted by atomic mass is 19.1. The number of hydrogen-bond donors (Lipinski definition) is 3. The first-order chi connectivity index (χ1) is 14.0. The minimum absolute atomic E-state index is 0.113. The van der Waals surface area contributed by atoms with E-state index in [1.54, 1.807) is 6.20 Å². The van der Waals surface area contributed by atoms with E-state index in [0.29, 0.717) is 12.1 Å².